The summed E-state index contributed by atoms with van der Waals surface area (Å²) in [5.41, 5.74) is 10.7. The molecule has 2 rings (SSSR count). The van der Waals surface area contributed by atoms with E-state index in [4.69, 9.17) is 5.73 Å². The minimum atomic E-state index is -0.313. The molecule has 2 nitrogen and oxygen atoms in total. The number of anilines is 1. The highest BCUT2D eigenvalue weighted by atomic mass is 14.6. The molecule has 2 aromatic rings. The predicted molar refractivity (Wildman–Crippen MR) is 111 cm³/mol. The summed E-state index contributed by atoms with van der Waals surface area (Å²) in [6.07, 6.45) is 1.02. The van der Waals surface area contributed by atoms with Crippen molar-refractivity contribution in [2.24, 2.45) is 5.41 Å². The van der Waals surface area contributed by atoms with Gasteiger partial charge in [0.15, 0.2) is 0 Å². The Kier molecular flexibility index (Phi) is 5.24. The van der Waals surface area contributed by atoms with Crippen LogP contribution in [0.5, 0.6) is 0 Å². The van der Waals surface area contributed by atoms with Crippen molar-refractivity contribution in [1.82, 2.24) is 0 Å². The zero-order chi connectivity index (χ0) is 19.8. The van der Waals surface area contributed by atoms with Gasteiger partial charge in [-0.1, -0.05) is 84.9 Å². The van der Waals surface area contributed by atoms with Crippen molar-refractivity contribution < 1.29 is 0 Å². The molecule has 0 saturated carbocycles. The molecule has 0 radical (unpaired) electrons. The standard InChI is InChI=1S/C24H32N2/c1-22(2,3)16-23(4,5)19-13-14-20(26)18(15-25)21(19)24(6,7)17-11-9-8-10-12-17/h8-14H,16,26H2,1-7H3. The molecule has 138 valence electrons. The summed E-state index contributed by atoms with van der Waals surface area (Å²) < 4.78 is 0. The van der Waals surface area contributed by atoms with Gasteiger partial charge in [0.1, 0.15) is 6.07 Å². The number of benzene rings is 2. The number of nitriles is 1. The second-order valence-corrected chi connectivity index (χ2v) is 9.68. The number of hydrogen-bond donors (Lipinski definition) is 1. The van der Waals surface area contributed by atoms with Gasteiger partial charge in [-0.3, -0.25) is 0 Å². The summed E-state index contributed by atoms with van der Waals surface area (Å²) in [7, 11) is 0. The predicted octanol–water partition coefficient (Wildman–Crippen LogP) is 6.18. The van der Waals surface area contributed by atoms with Crippen LogP contribution in [0.2, 0.25) is 0 Å². The Hall–Kier alpha value is -2.27. The van der Waals surface area contributed by atoms with E-state index < -0.39 is 0 Å². The largest absolute Gasteiger partial charge is 0.398 e. The molecule has 0 aliphatic carbocycles. The van der Waals surface area contributed by atoms with Crippen molar-refractivity contribution in [1.29, 1.82) is 5.26 Å². The van der Waals surface area contributed by atoms with E-state index in [1.807, 2.05) is 12.1 Å². The lowest BCUT2D eigenvalue weighted by molar-refractivity contribution is 0.281. The van der Waals surface area contributed by atoms with Crippen molar-refractivity contribution >= 4 is 5.69 Å². The van der Waals surface area contributed by atoms with E-state index in [0.29, 0.717) is 11.3 Å². The van der Waals surface area contributed by atoms with Crippen molar-refractivity contribution in [3.05, 3.63) is 64.7 Å². The van der Waals surface area contributed by atoms with Gasteiger partial charge in [-0.05, 0) is 40.0 Å². The first-order chi connectivity index (χ1) is 11.9. The summed E-state index contributed by atoms with van der Waals surface area (Å²) >= 11 is 0. The fraction of sp³-hybridized carbons (Fsp3) is 0.458. The highest BCUT2D eigenvalue weighted by Crippen LogP contribution is 2.45. The van der Waals surface area contributed by atoms with Crippen LogP contribution in [0.4, 0.5) is 5.69 Å². The van der Waals surface area contributed by atoms with Crippen LogP contribution in [0, 0.1) is 16.7 Å². The summed E-state index contributed by atoms with van der Waals surface area (Å²) in [4.78, 5) is 0. The van der Waals surface area contributed by atoms with Crippen molar-refractivity contribution in [2.45, 2.75) is 65.7 Å². The lowest BCUT2D eigenvalue weighted by Crippen LogP contribution is -2.31. The van der Waals surface area contributed by atoms with Crippen molar-refractivity contribution in [3.8, 4) is 6.07 Å². The topological polar surface area (TPSA) is 49.8 Å². The average Bonchev–Trinajstić information content (AvgIpc) is 2.52. The maximum Gasteiger partial charge on any atom is 0.102 e. The van der Waals surface area contributed by atoms with Crippen LogP contribution in [0.1, 0.15) is 77.1 Å². The smallest absolute Gasteiger partial charge is 0.102 e. The molecule has 0 spiro atoms. The first-order valence-corrected chi connectivity index (χ1v) is 9.29. The maximum absolute atomic E-state index is 9.90. The van der Waals surface area contributed by atoms with Gasteiger partial charge in [0.2, 0.25) is 0 Å². The van der Waals surface area contributed by atoms with Crippen molar-refractivity contribution in [3.63, 3.8) is 0 Å². The van der Waals surface area contributed by atoms with E-state index in [9.17, 15) is 5.26 Å². The molecule has 0 aliphatic rings. The molecule has 2 aromatic carbocycles. The normalized spacial score (nSPS) is 12.7. The Morgan fingerprint density at radius 1 is 0.885 bits per heavy atom. The molecular weight excluding hydrogens is 316 g/mol. The Balaban J connectivity index is 2.79. The molecule has 0 bridgehead atoms. The molecule has 26 heavy (non-hydrogen) atoms. The first-order valence-electron chi connectivity index (χ1n) is 9.29. The van der Waals surface area contributed by atoms with Gasteiger partial charge >= 0.3 is 0 Å². The van der Waals surface area contributed by atoms with Crippen LogP contribution >= 0.6 is 0 Å². The molecule has 0 aromatic heterocycles. The van der Waals surface area contributed by atoms with Crippen LogP contribution in [-0.4, -0.2) is 0 Å². The molecule has 0 heterocycles. The van der Waals surface area contributed by atoms with Gasteiger partial charge in [0, 0.05) is 11.1 Å². The number of nitrogens with zero attached hydrogens (tertiary/aromatic N) is 1. The van der Waals surface area contributed by atoms with Crippen LogP contribution in [0.3, 0.4) is 0 Å². The molecule has 2 N–H and O–H groups in total. The lowest BCUT2D eigenvalue weighted by Gasteiger charge is -2.39. The van der Waals surface area contributed by atoms with Crippen LogP contribution < -0.4 is 5.73 Å². The number of hydrogen-bond acceptors (Lipinski definition) is 2. The van der Waals surface area contributed by atoms with E-state index in [1.165, 1.54) is 11.1 Å². The summed E-state index contributed by atoms with van der Waals surface area (Å²) in [6.45, 7) is 15.7. The molecule has 2 heteroatoms. The van der Waals surface area contributed by atoms with E-state index in [-0.39, 0.29) is 16.2 Å². The third-order valence-electron chi connectivity index (χ3n) is 5.17. The van der Waals surface area contributed by atoms with Crippen LogP contribution in [-0.2, 0) is 10.8 Å². The summed E-state index contributed by atoms with van der Waals surface area (Å²) in [6, 6.07) is 16.8. The Bertz CT molecular complexity index is 816. The van der Waals surface area contributed by atoms with E-state index >= 15 is 0 Å². The quantitative estimate of drug-likeness (QED) is 0.671. The molecule has 0 atom stereocenters. The number of nitrogens with two attached hydrogens (primary N) is 1. The summed E-state index contributed by atoms with van der Waals surface area (Å²) in [5, 5.41) is 9.90. The van der Waals surface area contributed by atoms with Gasteiger partial charge in [0.25, 0.3) is 0 Å². The third kappa shape index (κ3) is 3.93. The number of nitrogen functional groups attached to an aromatic ring is 1. The first kappa shape index (κ1) is 20.0. The van der Waals surface area contributed by atoms with Crippen LogP contribution in [0.25, 0.3) is 0 Å². The fourth-order valence-electron chi connectivity index (χ4n) is 4.37. The van der Waals surface area contributed by atoms with E-state index in [2.05, 4.69) is 84.9 Å². The second-order valence-electron chi connectivity index (χ2n) is 9.68. The monoisotopic (exact) mass is 348 g/mol. The van der Waals surface area contributed by atoms with E-state index in [0.717, 1.165) is 12.0 Å². The SMILES string of the molecule is CC(C)(C)CC(C)(C)c1ccc(N)c(C#N)c1C(C)(C)c1ccccc1. The number of rotatable bonds is 4. The molecular formula is C24H32N2. The van der Waals surface area contributed by atoms with Gasteiger partial charge in [-0.2, -0.15) is 5.26 Å². The molecule has 0 unspecified atom stereocenters. The van der Waals surface area contributed by atoms with Gasteiger partial charge in [-0.15, -0.1) is 0 Å². The summed E-state index contributed by atoms with van der Waals surface area (Å²) in [5.74, 6) is 0. The Labute approximate surface area is 159 Å². The zero-order valence-electron chi connectivity index (χ0n) is 17.3. The van der Waals surface area contributed by atoms with Gasteiger partial charge < -0.3 is 5.73 Å². The highest BCUT2D eigenvalue weighted by Gasteiger charge is 2.36. The van der Waals surface area contributed by atoms with Gasteiger partial charge in [0.05, 0.1) is 5.56 Å². The minimum Gasteiger partial charge on any atom is -0.398 e. The molecule has 0 saturated heterocycles. The maximum atomic E-state index is 9.90. The van der Waals surface area contributed by atoms with Gasteiger partial charge in [-0.25, -0.2) is 0 Å². The molecule has 0 amide bonds. The Morgan fingerprint density at radius 3 is 1.96 bits per heavy atom. The van der Waals surface area contributed by atoms with Crippen LogP contribution in [0.15, 0.2) is 42.5 Å². The highest BCUT2D eigenvalue weighted by molar-refractivity contribution is 5.65. The van der Waals surface area contributed by atoms with E-state index in [1.54, 1.807) is 0 Å². The average molecular weight is 349 g/mol. The molecule has 0 fully saturated rings. The second kappa shape index (κ2) is 6.80. The zero-order valence-corrected chi connectivity index (χ0v) is 17.3. The molecule has 0 aliphatic heterocycles. The van der Waals surface area contributed by atoms with Crippen molar-refractivity contribution in [2.75, 3.05) is 5.73 Å². The fourth-order valence-corrected chi connectivity index (χ4v) is 4.37. The third-order valence-corrected chi connectivity index (χ3v) is 5.17. The minimum absolute atomic E-state index is 0.0705. The Morgan fingerprint density at radius 2 is 1.46 bits per heavy atom. The lowest BCUT2D eigenvalue weighted by atomic mass is 9.65.